The van der Waals surface area contributed by atoms with Gasteiger partial charge in [-0.2, -0.15) is 0 Å². The fraction of sp³-hybridized carbons (Fsp3) is 0.333. The van der Waals surface area contributed by atoms with Gasteiger partial charge in [-0.15, -0.1) is 0 Å². The number of allylic oxidation sites excluding steroid dienone is 3. The van der Waals surface area contributed by atoms with Crippen LogP contribution in [0, 0.1) is 11.8 Å². The Hall–Kier alpha value is -3.56. The molecule has 210 valence electrons. The van der Waals surface area contributed by atoms with Crippen LogP contribution >= 0.6 is 0 Å². The summed E-state index contributed by atoms with van der Waals surface area (Å²) in [6, 6.07) is 26.7. The van der Waals surface area contributed by atoms with Crippen LogP contribution in [0.1, 0.15) is 69.7 Å². The molecule has 2 nitrogen and oxygen atoms in total. The predicted octanol–water partition coefficient (Wildman–Crippen LogP) is 9.32. The highest BCUT2D eigenvalue weighted by molar-refractivity contribution is 7.00. The molecular formula is C39H38O2Si. The molecule has 0 spiro atoms. The first kappa shape index (κ1) is 26.1. The first-order valence-corrected chi connectivity index (χ1v) is 18.0. The topological polar surface area (TPSA) is 34.1 Å². The zero-order valence-electron chi connectivity index (χ0n) is 25.4. The Morgan fingerprint density at radius 1 is 0.643 bits per heavy atom. The smallest absolute Gasteiger partial charge is 0.161 e. The molecule has 0 aliphatic heterocycles. The van der Waals surface area contributed by atoms with E-state index in [1.54, 1.807) is 17.3 Å². The van der Waals surface area contributed by atoms with E-state index < -0.39 is 19.4 Å². The van der Waals surface area contributed by atoms with Crippen LogP contribution < -0.4 is 0 Å². The van der Waals surface area contributed by atoms with Crippen LogP contribution in [0.5, 0.6) is 0 Å². The zero-order chi connectivity index (χ0) is 29.3. The highest BCUT2D eigenvalue weighted by Gasteiger charge is 2.73. The van der Waals surface area contributed by atoms with Crippen molar-refractivity contribution in [3.8, 4) is 0 Å². The van der Waals surface area contributed by atoms with E-state index in [0.717, 1.165) is 0 Å². The Kier molecular flexibility index (Phi) is 5.29. The molecule has 3 heteroatoms. The fourth-order valence-corrected chi connectivity index (χ4v) is 18.2. The molecule has 1 fully saturated rings. The molecule has 4 unspecified atom stereocenters. The Morgan fingerprint density at radius 3 is 1.81 bits per heavy atom. The molecular weight excluding hydrogens is 529 g/mol. The quantitative estimate of drug-likeness (QED) is 0.231. The van der Waals surface area contributed by atoms with Crippen molar-refractivity contribution in [3.63, 3.8) is 0 Å². The lowest BCUT2D eigenvalue weighted by Gasteiger charge is -2.46. The summed E-state index contributed by atoms with van der Waals surface area (Å²) in [7, 11) is -2.25. The van der Waals surface area contributed by atoms with E-state index in [1.165, 1.54) is 49.4 Å². The Balaban J connectivity index is 1.67. The second-order valence-electron chi connectivity index (χ2n) is 14.1. The molecule has 0 N–H and O–H groups in total. The van der Waals surface area contributed by atoms with Gasteiger partial charge in [0.25, 0.3) is 0 Å². The molecule has 4 aromatic rings. The largest absolute Gasteiger partial charge is 0.294 e. The molecule has 42 heavy (non-hydrogen) atoms. The average molecular weight is 567 g/mol. The van der Waals surface area contributed by atoms with Gasteiger partial charge < -0.3 is 0 Å². The Morgan fingerprint density at radius 2 is 1.19 bits per heavy atom. The lowest BCUT2D eigenvalue weighted by Crippen LogP contribution is -2.46. The summed E-state index contributed by atoms with van der Waals surface area (Å²) in [5.74, 6) is -0.582. The van der Waals surface area contributed by atoms with Crippen LogP contribution in [0.4, 0.5) is 0 Å². The molecule has 4 atom stereocenters. The highest BCUT2D eigenvalue weighted by atomic mass is 28.3. The molecule has 4 aromatic carbocycles. The number of hydrogen-bond acceptors (Lipinski definition) is 2. The van der Waals surface area contributed by atoms with Crippen molar-refractivity contribution in [3.05, 3.63) is 113 Å². The van der Waals surface area contributed by atoms with Gasteiger partial charge in [0.2, 0.25) is 0 Å². The molecule has 0 radical (unpaired) electrons. The Bertz CT molecular complexity index is 1920. The first-order chi connectivity index (χ1) is 20.2. The summed E-state index contributed by atoms with van der Waals surface area (Å²) < 4.78 is 0. The minimum Gasteiger partial charge on any atom is -0.294 e. The van der Waals surface area contributed by atoms with Gasteiger partial charge in [0.15, 0.2) is 11.6 Å². The van der Waals surface area contributed by atoms with E-state index in [-0.39, 0.29) is 23.4 Å². The van der Waals surface area contributed by atoms with E-state index in [2.05, 4.69) is 114 Å². The standard InChI is InChI=1S/C39H38O2Si/c1-21(2)42(22(3)4,23(5)6)38-29-18-16-25-12-8-10-14-27(25)35(29)39-34-26-13-9-7-11-24(26)15-17-28(34)32(37(38)39)33-30(40)19-20-31(41)36(33)39/h7-23,32-33,36H,1-6H3. The van der Waals surface area contributed by atoms with E-state index in [0.29, 0.717) is 16.6 Å². The highest BCUT2D eigenvalue weighted by Crippen LogP contribution is 2.77. The van der Waals surface area contributed by atoms with Crippen LogP contribution in [0.25, 0.3) is 26.7 Å². The summed E-state index contributed by atoms with van der Waals surface area (Å²) in [6.45, 7) is 14.6. The lowest BCUT2D eigenvalue weighted by molar-refractivity contribution is -0.129. The number of ketones is 2. The number of carbonyl (C=O) groups is 2. The molecule has 0 amide bonds. The van der Waals surface area contributed by atoms with Gasteiger partial charge >= 0.3 is 0 Å². The van der Waals surface area contributed by atoms with Crippen LogP contribution in [-0.2, 0) is 15.0 Å². The van der Waals surface area contributed by atoms with Crippen LogP contribution in [0.2, 0.25) is 16.6 Å². The second-order valence-corrected chi connectivity index (χ2v) is 19.9. The maximum Gasteiger partial charge on any atom is 0.161 e. The molecule has 4 aliphatic carbocycles. The van der Waals surface area contributed by atoms with E-state index in [1.807, 2.05) is 0 Å². The Labute approximate surface area is 249 Å². The zero-order valence-corrected chi connectivity index (χ0v) is 26.4. The van der Waals surface area contributed by atoms with E-state index >= 15 is 0 Å². The molecule has 2 bridgehead atoms. The van der Waals surface area contributed by atoms with Gasteiger partial charge in [0.1, 0.15) is 0 Å². The minimum atomic E-state index is -2.25. The van der Waals surface area contributed by atoms with Crippen molar-refractivity contribution in [2.24, 2.45) is 11.8 Å². The maximum atomic E-state index is 14.3. The van der Waals surface area contributed by atoms with Crippen LogP contribution in [0.15, 0.2) is 90.5 Å². The normalized spacial score (nSPS) is 25.8. The van der Waals surface area contributed by atoms with Crippen molar-refractivity contribution in [2.45, 2.75) is 69.5 Å². The van der Waals surface area contributed by atoms with Gasteiger partial charge in [-0.05, 0) is 83.3 Å². The molecule has 0 heterocycles. The van der Waals surface area contributed by atoms with Gasteiger partial charge in [-0.3, -0.25) is 9.59 Å². The predicted molar refractivity (Wildman–Crippen MR) is 176 cm³/mol. The number of fused-ring (bicyclic) bond motifs is 9. The minimum absolute atomic E-state index is 0.0692. The van der Waals surface area contributed by atoms with Gasteiger partial charge in [-0.25, -0.2) is 0 Å². The first-order valence-electron chi connectivity index (χ1n) is 15.7. The van der Waals surface area contributed by atoms with Gasteiger partial charge in [0, 0.05) is 11.8 Å². The third-order valence-corrected chi connectivity index (χ3v) is 19.0. The molecule has 0 saturated heterocycles. The molecule has 8 rings (SSSR count). The monoisotopic (exact) mass is 566 g/mol. The maximum absolute atomic E-state index is 14.3. The molecule has 4 aliphatic rings. The van der Waals surface area contributed by atoms with E-state index in [9.17, 15) is 9.59 Å². The van der Waals surface area contributed by atoms with Crippen molar-refractivity contribution < 1.29 is 9.59 Å². The van der Waals surface area contributed by atoms with Crippen molar-refractivity contribution in [1.82, 2.24) is 0 Å². The average Bonchev–Trinajstić information content (AvgIpc) is 3.54. The fourth-order valence-electron chi connectivity index (χ4n) is 10.9. The summed E-state index contributed by atoms with van der Waals surface area (Å²) >= 11 is 0. The summed E-state index contributed by atoms with van der Waals surface area (Å²) in [5.41, 5.74) is 7.52. The third kappa shape index (κ3) is 2.73. The number of carbonyl (C=O) groups excluding carboxylic acids is 2. The third-order valence-electron chi connectivity index (χ3n) is 11.8. The number of rotatable bonds is 4. The van der Waals surface area contributed by atoms with Crippen molar-refractivity contribution in [1.29, 1.82) is 0 Å². The van der Waals surface area contributed by atoms with Crippen molar-refractivity contribution in [2.75, 3.05) is 0 Å². The van der Waals surface area contributed by atoms with Crippen LogP contribution in [-0.4, -0.2) is 19.6 Å². The van der Waals surface area contributed by atoms with Gasteiger partial charge in [-0.1, -0.05) is 114 Å². The molecule has 1 saturated carbocycles. The second kappa shape index (κ2) is 8.51. The summed E-state index contributed by atoms with van der Waals surface area (Å²) in [6.07, 6.45) is 3.18. The lowest BCUT2D eigenvalue weighted by atomic mass is 9.59. The summed E-state index contributed by atoms with van der Waals surface area (Å²) in [4.78, 5) is 28.3. The van der Waals surface area contributed by atoms with Crippen LogP contribution in [0.3, 0.4) is 0 Å². The van der Waals surface area contributed by atoms with Gasteiger partial charge in [0.05, 0.1) is 19.4 Å². The van der Waals surface area contributed by atoms with E-state index in [4.69, 9.17) is 0 Å². The SMILES string of the molecule is CC(C)[Si](C1=C2C3c4ccc5ccccc5c4C2(c2c1ccc1ccccc21)C1C(=O)C=CC(=O)C31)(C(C)C)C(C)C. The molecule has 0 aromatic heterocycles. The number of benzene rings is 4. The van der Waals surface area contributed by atoms with Crippen molar-refractivity contribution >= 4 is 46.4 Å². The number of hydrogen-bond donors (Lipinski definition) is 0. The summed E-state index contributed by atoms with van der Waals surface area (Å²) in [5, 5.41) is 6.43.